The Morgan fingerprint density at radius 3 is 3.00 bits per heavy atom. The van der Waals surface area contributed by atoms with Crippen molar-refractivity contribution in [1.29, 1.82) is 0 Å². The van der Waals surface area contributed by atoms with Crippen molar-refractivity contribution in [3.05, 3.63) is 41.3 Å². The molecule has 112 valence electrons. The number of nitrogens with one attached hydrogen (secondary N) is 1. The number of fused-ring (bicyclic) bond motifs is 1. The third-order valence-electron chi connectivity index (χ3n) is 4.06. The van der Waals surface area contributed by atoms with Crippen LogP contribution in [0.4, 0.5) is 0 Å². The Morgan fingerprint density at radius 2 is 2.18 bits per heavy atom. The number of aromatic nitrogens is 4. The number of likely N-dealkylation sites (tertiary alicyclic amines) is 1. The number of benzene rings is 1. The maximum atomic E-state index is 12.8. The van der Waals surface area contributed by atoms with Gasteiger partial charge in [-0.2, -0.15) is 15.4 Å². The van der Waals surface area contributed by atoms with E-state index in [1.807, 2.05) is 17.9 Å². The van der Waals surface area contributed by atoms with E-state index in [0.29, 0.717) is 11.1 Å². The van der Waals surface area contributed by atoms with E-state index >= 15 is 0 Å². The molecular formula is C15H15N5O2. The number of rotatable bonds is 2. The SMILES string of the molecule is Cc1cc([C@H]2CCCN2C(=O)c2ccc3n[nH]nc3c2)no1. The topological polar surface area (TPSA) is 87.9 Å². The molecule has 0 saturated carbocycles. The number of carbonyl (C=O) groups is 1. The highest BCUT2D eigenvalue weighted by Gasteiger charge is 2.32. The summed E-state index contributed by atoms with van der Waals surface area (Å²) in [4.78, 5) is 14.7. The van der Waals surface area contributed by atoms with Gasteiger partial charge in [0.2, 0.25) is 0 Å². The van der Waals surface area contributed by atoms with Crippen molar-refractivity contribution in [2.75, 3.05) is 6.54 Å². The van der Waals surface area contributed by atoms with Gasteiger partial charge in [0.15, 0.2) is 0 Å². The molecule has 1 aliphatic heterocycles. The molecule has 0 aliphatic carbocycles. The minimum Gasteiger partial charge on any atom is -0.361 e. The minimum absolute atomic E-state index is 0.00643. The first-order valence-electron chi connectivity index (χ1n) is 7.27. The molecule has 1 atom stereocenters. The van der Waals surface area contributed by atoms with Crippen molar-refractivity contribution in [2.24, 2.45) is 0 Å². The molecule has 7 heteroatoms. The van der Waals surface area contributed by atoms with Gasteiger partial charge in [-0.25, -0.2) is 0 Å². The van der Waals surface area contributed by atoms with Gasteiger partial charge >= 0.3 is 0 Å². The second-order valence-electron chi connectivity index (χ2n) is 5.55. The number of nitrogens with zero attached hydrogens (tertiary/aromatic N) is 4. The highest BCUT2D eigenvalue weighted by molar-refractivity contribution is 5.97. The van der Waals surface area contributed by atoms with E-state index in [2.05, 4.69) is 20.6 Å². The molecule has 2 aromatic heterocycles. The summed E-state index contributed by atoms with van der Waals surface area (Å²) >= 11 is 0. The quantitative estimate of drug-likeness (QED) is 0.783. The third kappa shape index (κ3) is 2.05. The third-order valence-corrected chi connectivity index (χ3v) is 4.06. The monoisotopic (exact) mass is 297 g/mol. The maximum Gasteiger partial charge on any atom is 0.254 e. The van der Waals surface area contributed by atoms with Crippen LogP contribution in [0.1, 0.15) is 40.7 Å². The van der Waals surface area contributed by atoms with Crippen LogP contribution < -0.4 is 0 Å². The van der Waals surface area contributed by atoms with Crippen molar-refractivity contribution >= 4 is 16.9 Å². The van der Waals surface area contributed by atoms with E-state index in [-0.39, 0.29) is 11.9 Å². The van der Waals surface area contributed by atoms with Crippen LogP contribution in [0, 0.1) is 6.92 Å². The molecule has 1 aliphatic rings. The zero-order valence-electron chi connectivity index (χ0n) is 12.1. The Kier molecular flexibility index (Phi) is 2.92. The molecule has 1 amide bonds. The van der Waals surface area contributed by atoms with Crippen molar-refractivity contribution in [3.63, 3.8) is 0 Å². The first-order valence-corrected chi connectivity index (χ1v) is 7.27. The Balaban J connectivity index is 1.65. The average Bonchev–Trinajstić information content (AvgIpc) is 3.25. The van der Waals surface area contributed by atoms with E-state index in [0.717, 1.165) is 36.4 Å². The molecule has 1 N–H and O–H groups in total. The van der Waals surface area contributed by atoms with E-state index < -0.39 is 0 Å². The molecule has 22 heavy (non-hydrogen) atoms. The second kappa shape index (κ2) is 4.94. The number of aromatic amines is 1. The van der Waals surface area contributed by atoms with E-state index in [9.17, 15) is 4.79 Å². The summed E-state index contributed by atoms with van der Waals surface area (Å²) in [5.41, 5.74) is 2.89. The molecule has 0 unspecified atom stereocenters. The zero-order valence-corrected chi connectivity index (χ0v) is 12.1. The smallest absolute Gasteiger partial charge is 0.254 e. The number of aryl methyl sites for hydroxylation is 1. The van der Waals surface area contributed by atoms with Crippen molar-refractivity contribution < 1.29 is 9.32 Å². The second-order valence-corrected chi connectivity index (χ2v) is 5.55. The summed E-state index contributed by atoms with van der Waals surface area (Å²) < 4.78 is 5.15. The fraction of sp³-hybridized carbons (Fsp3) is 0.333. The lowest BCUT2D eigenvalue weighted by Crippen LogP contribution is -2.30. The fourth-order valence-corrected chi connectivity index (χ4v) is 3.00. The fourth-order valence-electron chi connectivity index (χ4n) is 3.00. The van der Waals surface area contributed by atoms with Crippen molar-refractivity contribution in [2.45, 2.75) is 25.8 Å². The predicted molar refractivity (Wildman–Crippen MR) is 78.1 cm³/mol. The van der Waals surface area contributed by atoms with E-state index in [4.69, 9.17) is 4.52 Å². The molecule has 1 saturated heterocycles. The predicted octanol–water partition coefficient (Wildman–Crippen LogP) is 2.23. The normalized spacial score (nSPS) is 18.2. The minimum atomic E-state index is -0.0158. The molecule has 0 radical (unpaired) electrons. The van der Waals surface area contributed by atoms with Crippen LogP contribution in [0.5, 0.6) is 0 Å². The lowest BCUT2D eigenvalue weighted by Gasteiger charge is -2.23. The number of amides is 1. The Bertz CT molecular complexity index is 837. The average molecular weight is 297 g/mol. The van der Waals surface area contributed by atoms with Crippen molar-refractivity contribution in [3.8, 4) is 0 Å². The molecule has 4 rings (SSSR count). The summed E-state index contributed by atoms with van der Waals surface area (Å²) in [6.45, 7) is 2.59. The summed E-state index contributed by atoms with van der Waals surface area (Å²) in [6.07, 6.45) is 1.87. The lowest BCUT2D eigenvalue weighted by atomic mass is 10.1. The largest absolute Gasteiger partial charge is 0.361 e. The van der Waals surface area contributed by atoms with Crippen LogP contribution in [0.2, 0.25) is 0 Å². The zero-order chi connectivity index (χ0) is 15.1. The van der Waals surface area contributed by atoms with Crippen LogP contribution in [0.15, 0.2) is 28.8 Å². The molecule has 1 aromatic carbocycles. The van der Waals surface area contributed by atoms with Crippen LogP contribution in [-0.2, 0) is 0 Å². The molecule has 1 fully saturated rings. The molecule has 7 nitrogen and oxygen atoms in total. The Hall–Kier alpha value is -2.70. The van der Waals surface area contributed by atoms with Gasteiger partial charge in [-0.05, 0) is 38.0 Å². The highest BCUT2D eigenvalue weighted by Crippen LogP contribution is 2.32. The van der Waals surface area contributed by atoms with Crippen LogP contribution in [0.25, 0.3) is 11.0 Å². The van der Waals surface area contributed by atoms with Gasteiger partial charge in [0.25, 0.3) is 5.91 Å². The molecule has 0 spiro atoms. The van der Waals surface area contributed by atoms with Crippen LogP contribution in [0.3, 0.4) is 0 Å². The summed E-state index contributed by atoms with van der Waals surface area (Å²) in [7, 11) is 0. The van der Waals surface area contributed by atoms with Gasteiger partial charge in [-0.3, -0.25) is 4.79 Å². The van der Waals surface area contributed by atoms with E-state index in [1.165, 1.54) is 0 Å². The van der Waals surface area contributed by atoms with Crippen molar-refractivity contribution in [1.82, 2.24) is 25.5 Å². The van der Waals surface area contributed by atoms with Gasteiger partial charge in [0, 0.05) is 18.2 Å². The first-order chi connectivity index (χ1) is 10.7. The highest BCUT2D eigenvalue weighted by atomic mass is 16.5. The van der Waals surface area contributed by atoms with Crippen LogP contribution >= 0.6 is 0 Å². The van der Waals surface area contributed by atoms with E-state index in [1.54, 1.807) is 18.2 Å². The molecule has 0 bridgehead atoms. The lowest BCUT2D eigenvalue weighted by molar-refractivity contribution is 0.0731. The Morgan fingerprint density at radius 1 is 1.32 bits per heavy atom. The molecule has 3 aromatic rings. The summed E-state index contributed by atoms with van der Waals surface area (Å²) in [6, 6.07) is 7.24. The van der Waals surface area contributed by atoms with Gasteiger partial charge in [-0.1, -0.05) is 5.16 Å². The van der Waals surface area contributed by atoms with Gasteiger partial charge in [0.05, 0.1) is 6.04 Å². The number of hydrogen-bond donors (Lipinski definition) is 1. The summed E-state index contributed by atoms with van der Waals surface area (Å²) in [5, 5.41) is 14.7. The molecule has 3 heterocycles. The number of carbonyl (C=O) groups excluding carboxylic acids is 1. The summed E-state index contributed by atoms with van der Waals surface area (Å²) in [5.74, 6) is 0.756. The number of H-pyrrole nitrogens is 1. The standard InChI is InChI=1S/C15H15N5O2/c1-9-7-13(18-22-9)14-3-2-6-20(14)15(21)10-4-5-11-12(8-10)17-19-16-11/h4-5,7-8,14H,2-3,6H2,1H3,(H,16,17,19)/t14-/m1/s1. The Labute approximate surface area is 126 Å². The van der Waals surface area contributed by atoms with Gasteiger partial charge in [-0.15, -0.1) is 0 Å². The van der Waals surface area contributed by atoms with Crippen LogP contribution in [-0.4, -0.2) is 37.9 Å². The molecular weight excluding hydrogens is 282 g/mol. The maximum absolute atomic E-state index is 12.8. The van der Waals surface area contributed by atoms with Gasteiger partial charge < -0.3 is 9.42 Å². The number of hydrogen-bond acceptors (Lipinski definition) is 5. The first kappa shape index (κ1) is 13.0. The van der Waals surface area contributed by atoms with Gasteiger partial charge in [0.1, 0.15) is 22.5 Å².